The van der Waals surface area contributed by atoms with E-state index in [1.165, 1.54) is 0 Å². The van der Waals surface area contributed by atoms with Crippen molar-refractivity contribution < 1.29 is 19.8 Å². The first kappa shape index (κ1) is 14.5. The standard InChI is InChI=1S/C15H19NO4/c1-9-3-2-4-10(7-9)5-6-15(16,14(19)20)12-8-11(12)13(17)18/h2-4,7,11-12H,5-6,8,16H2,1H3,(H,17,18)(H,19,20)/t11-,12-,15+/m0/s1. The van der Waals surface area contributed by atoms with Crippen molar-refractivity contribution in [2.45, 2.75) is 31.7 Å². The van der Waals surface area contributed by atoms with E-state index in [9.17, 15) is 14.7 Å². The van der Waals surface area contributed by atoms with Gasteiger partial charge in [-0.25, -0.2) is 0 Å². The number of benzene rings is 1. The molecular weight excluding hydrogens is 258 g/mol. The van der Waals surface area contributed by atoms with Gasteiger partial charge < -0.3 is 15.9 Å². The lowest BCUT2D eigenvalue weighted by molar-refractivity contribution is -0.145. The van der Waals surface area contributed by atoms with Gasteiger partial charge in [-0.3, -0.25) is 9.59 Å². The number of aryl methyl sites for hydroxylation is 2. The third-order valence-electron chi connectivity index (χ3n) is 4.08. The molecule has 1 aromatic rings. The topological polar surface area (TPSA) is 101 Å². The van der Waals surface area contributed by atoms with E-state index in [0.29, 0.717) is 12.8 Å². The molecule has 1 fully saturated rings. The molecule has 0 aliphatic heterocycles. The molecule has 1 aliphatic rings. The molecule has 1 aliphatic carbocycles. The van der Waals surface area contributed by atoms with Crippen LogP contribution in [-0.2, 0) is 16.0 Å². The molecule has 4 N–H and O–H groups in total. The second kappa shape index (κ2) is 5.25. The molecule has 5 heteroatoms. The minimum Gasteiger partial charge on any atom is -0.481 e. The molecule has 5 nitrogen and oxygen atoms in total. The molecule has 0 unspecified atom stereocenters. The molecule has 0 bridgehead atoms. The number of carboxylic acids is 2. The number of carbonyl (C=O) groups is 2. The van der Waals surface area contributed by atoms with Gasteiger partial charge in [-0.15, -0.1) is 0 Å². The Kier molecular flexibility index (Phi) is 3.81. The van der Waals surface area contributed by atoms with Crippen LogP contribution in [0.5, 0.6) is 0 Å². The summed E-state index contributed by atoms with van der Waals surface area (Å²) in [6.07, 6.45) is 1.14. The van der Waals surface area contributed by atoms with Crippen LogP contribution in [0, 0.1) is 18.8 Å². The van der Waals surface area contributed by atoms with Crippen LogP contribution in [0.1, 0.15) is 24.0 Å². The summed E-state index contributed by atoms with van der Waals surface area (Å²) in [5, 5.41) is 18.3. The van der Waals surface area contributed by atoms with Crippen LogP contribution >= 0.6 is 0 Å². The van der Waals surface area contributed by atoms with Crippen LogP contribution < -0.4 is 5.73 Å². The predicted molar refractivity (Wildman–Crippen MR) is 73.3 cm³/mol. The monoisotopic (exact) mass is 277 g/mol. The highest BCUT2D eigenvalue weighted by molar-refractivity contribution is 5.83. The minimum absolute atomic E-state index is 0.250. The van der Waals surface area contributed by atoms with Crippen molar-refractivity contribution in [1.29, 1.82) is 0 Å². The smallest absolute Gasteiger partial charge is 0.324 e. The Labute approximate surface area is 117 Å². The highest BCUT2D eigenvalue weighted by Gasteiger charge is 2.57. The molecule has 108 valence electrons. The highest BCUT2D eigenvalue weighted by Crippen LogP contribution is 2.47. The molecule has 3 atom stereocenters. The minimum atomic E-state index is -1.45. The Morgan fingerprint density at radius 2 is 2.10 bits per heavy atom. The van der Waals surface area contributed by atoms with Gasteiger partial charge in [0.05, 0.1) is 5.92 Å². The lowest BCUT2D eigenvalue weighted by Crippen LogP contribution is -2.51. The van der Waals surface area contributed by atoms with Crippen LogP contribution in [0.25, 0.3) is 0 Å². The highest BCUT2D eigenvalue weighted by atomic mass is 16.4. The zero-order valence-corrected chi connectivity index (χ0v) is 11.4. The summed E-state index contributed by atoms with van der Waals surface area (Å²) in [4.78, 5) is 22.4. The number of hydrogen-bond donors (Lipinski definition) is 3. The molecule has 20 heavy (non-hydrogen) atoms. The van der Waals surface area contributed by atoms with Crippen LogP contribution in [0.3, 0.4) is 0 Å². The van der Waals surface area contributed by atoms with Gasteiger partial charge in [0.15, 0.2) is 0 Å². The summed E-state index contributed by atoms with van der Waals surface area (Å²) < 4.78 is 0. The molecule has 1 saturated carbocycles. The zero-order chi connectivity index (χ0) is 14.9. The number of hydrogen-bond acceptors (Lipinski definition) is 3. The average Bonchev–Trinajstić information content (AvgIpc) is 3.16. The van der Waals surface area contributed by atoms with E-state index in [1.54, 1.807) is 0 Å². The third-order valence-corrected chi connectivity index (χ3v) is 4.08. The van der Waals surface area contributed by atoms with Gasteiger partial charge >= 0.3 is 11.9 Å². The van der Waals surface area contributed by atoms with E-state index < -0.39 is 29.3 Å². The van der Waals surface area contributed by atoms with Gasteiger partial charge in [0, 0.05) is 5.92 Å². The van der Waals surface area contributed by atoms with Crippen molar-refractivity contribution >= 4 is 11.9 Å². The van der Waals surface area contributed by atoms with Gasteiger partial charge in [0.2, 0.25) is 0 Å². The summed E-state index contributed by atoms with van der Waals surface area (Å²) >= 11 is 0. The molecular formula is C15H19NO4. The number of aliphatic carboxylic acids is 2. The maximum absolute atomic E-state index is 11.4. The summed E-state index contributed by atoms with van der Waals surface area (Å²) in [7, 11) is 0. The fraction of sp³-hybridized carbons (Fsp3) is 0.467. The molecule has 0 aromatic heterocycles. The Morgan fingerprint density at radius 1 is 1.40 bits per heavy atom. The number of rotatable bonds is 6. The first-order valence-corrected chi connectivity index (χ1v) is 6.65. The summed E-state index contributed by atoms with van der Waals surface area (Å²) in [5.41, 5.74) is 6.67. The largest absolute Gasteiger partial charge is 0.481 e. The molecule has 0 spiro atoms. The van der Waals surface area contributed by atoms with Crippen molar-refractivity contribution in [2.75, 3.05) is 0 Å². The molecule has 1 aromatic carbocycles. The maximum Gasteiger partial charge on any atom is 0.324 e. The summed E-state index contributed by atoms with van der Waals surface area (Å²) in [6.45, 7) is 1.97. The second-order valence-corrected chi connectivity index (χ2v) is 5.62. The Morgan fingerprint density at radius 3 is 2.60 bits per heavy atom. The maximum atomic E-state index is 11.4. The van der Waals surface area contributed by atoms with Gasteiger partial charge in [-0.05, 0) is 31.7 Å². The second-order valence-electron chi connectivity index (χ2n) is 5.62. The Balaban J connectivity index is 2.07. The number of nitrogens with two attached hydrogens (primary N) is 1. The SMILES string of the molecule is Cc1cccc(CC[C@](N)(C(=O)O)[C@H]2C[C@@H]2C(=O)O)c1. The van der Waals surface area contributed by atoms with E-state index in [0.717, 1.165) is 11.1 Å². The van der Waals surface area contributed by atoms with Crippen molar-refractivity contribution in [2.24, 2.45) is 17.6 Å². The van der Waals surface area contributed by atoms with Crippen molar-refractivity contribution in [3.63, 3.8) is 0 Å². The molecule has 0 amide bonds. The van der Waals surface area contributed by atoms with E-state index in [1.807, 2.05) is 31.2 Å². The van der Waals surface area contributed by atoms with E-state index in [-0.39, 0.29) is 6.42 Å². The van der Waals surface area contributed by atoms with Crippen LogP contribution in [-0.4, -0.2) is 27.7 Å². The summed E-state index contributed by atoms with van der Waals surface area (Å²) in [6, 6.07) is 7.80. The number of carboxylic acid groups (broad SMARTS) is 2. The van der Waals surface area contributed by atoms with Gasteiger partial charge in [0.25, 0.3) is 0 Å². The lowest BCUT2D eigenvalue weighted by atomic mass is 9.86. The van der Waals surface area contributed by atoms with E-state index >= 15 is 0 Å². The van der Waals surface area contributed by atoms with Crippen LogP contribution in [0.2, 0.25) is 0 Å². The average molecular weight is 277 g/mol. The van der Waals surface area contributed by atoms with Crippen molar-refractivity contribution in [1.82, 2.24) is 0 Å². The van der Waals surface area contributed by atoms with Crippen LogP contribution in [0.4, 0.5) is 0 Å². The lowest BCUT2D eigenvalue weighted by Gasteiger charge is -2.25. The fourth-order valence-electron chi connectivity index (χ4n) is 2.71. The molecule has 0 radical (unpaired) electrons. The fourth-order valence-corrected chi connectivity index (χ4v) is 2.71. The van der Waals surface area contributed by atoms with Gasteiger partial charge in [-0.1, -0.05) is 29.8 Å². The van der Waals surface area contributed by atoms with Gasteiger partial charge in [-0.2, -0.15) is 0 Å². The molecule has 0 heterocycles. The van der Waals surface area contributed by atoms with Crippen LogP contribution in [0.15, 0.2) is 24.3 Å². The van der Waals surface area contributed by atoms with E-state index in [2.05, 4.69) is 0 Å². The Bertz CT molecular complexity index is 542. The quantitative estimate of drug-likeness (QED) is 0.730. The normalized spacial score (nSPS) is 23.9. The summed E-state index contributed by atoms with van der Waals surface area (Å²) in [5.74, 6) is -3.16. The van der Waals surface area contributed by atoms with E-state index in [4.69, 9.17) is 10.8 Å². The predicted octanol–water partition coefficient (Wildman–Crippen LogP) is 1.43. The Hall–Kier alpha value is -1.88. The molecule has 2 rings (SSSR count). The van der Waals surface area contributed by atoms with Crippen molar-refractivity contribution in [3.8, 4) is 0 Å². The first-order chi connectivity index (χ1) is 9.34. The van der Waals surface area contributed by atoms with Crippen molar-refractivity contribution in [3.05, 3.63) is 35.4 Å². The first-order valence-electron chi connectivity index (χ1n) is 6.65. The molecule has 0 saturated heterocycles. The third kappa shape index (κ3) is 2.82. The van der Waals surface area contributed by atoms with Gasteiger partial charge in [0.1, 0.15) is 5.54 Å². The zero-order valence-electron chi connectivity index (χ0n) is 11.4.